The van der Waals surface area contributed by atoms with Gasteiger partial charge in [-0.15, -0.1) is 0 Å². The molecule has 0 spiro atoms. The number of ether oxygens (including phenoxy) is 3. The van der Waals surface area contributed by atoms with E-state index in [0.717, 1.165) is 25.2 Å². The maximum absolute atomic E-state index is 12.3. The van der Waals surface area contributed by atoms with Gasteiger partial charge in [0.15, 0.2) is 0 Å². The molecule has 0 aliphatic heterocycles. The molecule has 178 valence electrons. The molecule has 2 N–H and O–H groups in total. The third-order valence-electron chi connectivity index (χ3n) is 4.78. The van der Waals surface area contributed by atoms with Crippen molar-refractivity contribution in [1.82, 2.24) is 4.98 Å². The van der Waals surface area contributed by atoms with Gasteiger partial charge in [0.25, 0.3) is 0 Å². The summed E-state index contributed by atoms with van der Waals surface area (Å²) in [4.78, 5) is 27.8. The lowest BCUT2D eigenvalue weighted by Crippen LogP contribution is -2.16. The van der Waals surface area contributed by atoms with Gasteiger partial charge >= 0.3 is 5.97 Å². The van der Waals surface area contributed by atoms with Crippen LogP contribution in [0.3, 0.4) is 0 Å². The van der Waals surface area contributed by atoms with Crippen LogP contribution in [0, 0.1) is 0 Å². The summed E-state index contributed by atoms with van der Waals surface area (Å²) in [5.41, 5.74) is 0.960. The Morgan fingerprint density at radius 3 is 2.41 bits per heavy atom. The largest absolute Gasteiger partial charge is 0.491 e. The molecule has 8 nitrogen and oxygen atoms in total. The molecule has 1 amide bonds. The van der Waals surface area contributed by atoms with E-state index in [9.17, 15) is 14.7 Å². The van der Waals surface area contributed by atoms with E-state index in [1.807, 2.05) is 12.1 Å². The summed E-state index contributed by atoms with van der Waals surface area (Å²) in [5, 5.41) is 11.9. The van der Waals surface area contributed by atoms with E-state index < -0.39 is 5.97 Å². The van der Waals surface area contributed by atoms with Crippen LogP contribution in [0.25, 0.3) is 0 Å². The van der Waals surface area contributed by atoms with Crippen LogP contribution in [0.4, 0.5) is 5.69 Å². The number of carboxylic acid groups (broad SMARTS) is 1. The maximum Gasteiger partial charge on any atom is 0.337 e. The average molecular weight is 465 g/mol. The molecule has 34 heavy (non-hydrogen) atoms. The van der Waals surface area contributed by atoms with Crippen molar-refractivity contribution >= 4 is 17.6 Å². The van der Waals surface area contributed by atoms with Crippen molar-refractivity contribution in [3.05, 3.63) is 78.0 Å². The highest BCUT2D eigenvalue weighted by Gasteiger charge is 2.12. The first-order valence-electron chi connectivity index (χ1n) is 11.1. The third kappa shape index (κ3) is 7.90. The van der Waals surface area contributed by atoms with Gasteiger partial charge in [-0.1, -0.05) is 31.5 Å². The minimum Gasteiger partial charge on any atom is -0.491 e. The smallest absolute Gasteiger partial charge is 0.337 e. The van der Waals surface area contributed by atoms with Gasteiger partial charge in [-0.2, -0.15) is 0 Å². The van der Waals surface area contributed by atoms with Crippen LogP contribution in [0.15, 0.2) is 66.9 Å². The van der Waals surface area contributed by atoms with E-state index in [1.54, 1.807) is 48.7 Å². The number of nitrogens with one attached hydrogen (secondary N) is 1. The number of nitrogens with zero attached hydrogens (tertiary/aromatic N) is 1. The molecule has 2 aromatic carbocycles. The normalized spacial score (nSPS) is 10.5. The molecular formula is C26H28N2O6. The van der Waals surface area contributed by atoms with Crippen LogP contribution in [-0.2, 0) is 16.0 Å². The molecule has 1 aromatic heterocycles. The molecule has 3 aromatic rings. The Bertz CT molecular complexity index is 1070. The summed E-state index contributed by atoms with van der Waals surface area (Å²) in [6, 6.07) is 16.9. The zero-order valence-corrected chi connectivity index (χ0v) is 19.0. The summed E-state index contributed by atoms with van der Waals surface area (Å²) in [5.74, 6) is 0.282. The van der Waals surface area contributed by atoms with Gasteiger partial charge in [0.2, 0.25) is 11.8 Å². The fourth-order valence-corrected chi connectivity index (χ4v) is 3.03. The molecule has 3 rings (SSSR count). The second kappa shape index (κ2) is 13.0. The molecule has 0 bridgehead atoms. The average Bonchev–Trinajstić information content (AvgIpc) is 2.84. The summed E-state index contributed by atoms with van der Waals surface area (Å²) < 4.78 is 16.9. The van der Waals surface area contributed by atoms with E-state index in [0.29, 0.717) is 30.4 Å². The zero-order chi connectivity index (χ0) is 24.2. The number of pyridine rings is 1. The Morgan fingerprint density at radius 1 is 0.941 bits per heavy atom. The molecule has 0 aliphatic rings. The molecular weight excluding hydrogens is 436 g/mol. The van der Waals surface area contributed by atoms with Gasteiger partial charge in [0, 0.05) is 18.9 Å². The van der Waals surface area contributed by atoms with E-state index in [4.69, 9.17) is 14.2 Å². The molecule has 0 saturated heterocycles. The Morgan fingerprint density at radius 2 is 1.71 bits per heavy atom. The van der Waals surface area contributed by atoms with Crippen molar-refractivity contribution in [2.45, 2.75) is 26.2 Å². The molecule has 8 heteroatoms. The van der Waals surface area contributed by atoms with Gasteiger partial charge in [-0.25, -0.2) is 9.78 Å². The van der Waals surface area contributed by atoms with Crippen molar-refractivity contribution in [2.24, 2.45) is 0 Å². The molecule has 0 aliphatic carbocycles. The summed E-state index contributed by atoms with van der Waals surface area (Å²) in [6.07, 6.45) is 3.76. The van der Waals surface area contributed by atoms with Crippen LogP contribution in [0.2, 0.25) is 0 Å². The number of para-hydroxylation sites is 1. The quantitative estimate of drug-likeness (QED) is 0.345. The predicted molar refractivity (Wildman–Crippen MR) is 128 cm³/mol. The number of carboxylic acids is 1. The third-order valence-corrected chi connectivity index (χ3v) is 4.78. The van der Waals surface area contributed by atoms with Gasteiger partial charge in [0.05, 0.1) is 24.3 Å². The highest BCUT2D eigenvalue weighted by Crippen LogP contribution is 2.23. The number of carbonyl (C=O) groups is 2. The Hall–Kier alpha value is -3.91. The molecule has 0 radical (unpaired) electrons. The number of hydrogen-bond acceptors (Lipinski definition) is 6. The van der Waals surface area contributed by atoms with Crippen molar-refractivity contribution in [1.29, 1.82) is 0 Å². The first-order valence-corrected chi connectivity index (χ1v) is 11.1. The van der Waals surface area contributed by atoms with Gasteiger partial charge < -0.3 is 24.6 Å². The number of anilines is 1. The lowest BCUT2D eigenvalue weighted by Gasteiger charge is -2.10. The summed E-state index contributed by atoms with van der Waals surface area (Å²) >= 11 is 0. The van der Waals surface area contributed by atoms with Crippen LogP contribution < -0.4 is 14.8 Å². The predicted octanol–water partition coefficient (Wildman–Crippen LogP) is 4.95. The summed E-state index contributed by atoms with van der Waals surface area (Å²) in [7, 11) is 0. The van der Waals surface area contributed by atoms with E-state index in [-0.39, 0.29) is 23.6 Å². The number of benzene rings is 2. The van der Waals surface area contributed by atoms with Crippen molar-refractivity contribution in [3.63, 3.8) is 0 Å². The van der Waals surface area contributed by atoms with E-state index in [2.05, 4.69) is 17.2 Å². The molecule has 0 atom stereocenters. The fraction of sp³-hybridized carbons (Fsp3) is 0.269. The molecule has 1 heterocycles. The number of aromatic nitrogens is 1. The van der Waals surface area contributed by atoms with Crippen molar-refractivity contribution < 1.29 is 28.9 Å². The summed E-state index contributed by atoms with van der Waals surface area (Å²) in [6.45, 7) is 3.92. The van der Waals surface area contributed by atoms with E-state index in [1.165, 1.54) is 6.07 Å². The lowest BCUT2D eigenvalue weighted by atomic mass is 10.1. The number of rotatable bonds is 13. The lowest BCUT2D eigenvalue weighted by molar-refractivity contribution is -0.115. The number of aromatic carboxylic acids is 1. The number of unbranched alkanes of at least 4 members (excludes halogenated alkanes) is 1. The molecule has 0 fully saturated rings. The second-order valence-electron chi connectivity index (χ2n) is 7.47. The second-order valence-corrected chi connectivity index (χ2v) is 7.47. The minimum absolute atomic E-state index is 0.0365. The van der Waals surface area contributed by atoms with Crippen LogP contribution in [0.1, 0.15) is 35.7 Å². The molecule has 0 unspecified atom stereocenters. The monoisotopic (exact) mass is 464 g/mol. The Balaban J connectivity index is 1.46. The topological polar surface area (TPSA) is 107 Å². The minimum atomic E-state index is -1.10. The zero-order valence-electron chi connectivity index (χ0n) is 19.0. The highest BCUT2D eigenvalue weighted by atomic mass is 16.5. The standard InChI is InChI=1S/C26H28N2O6/c1-2-3-14-32-15-16-33-20-9-11-21(12-10-20)34-25-13-8-19(18-27-25)17-24(29)28-23-7-5-4-6-22(23)26(30)31/h4-13,18H,2-3,14-17H2,1H3,(H,28,29)(H,30,31). The fourth-order valence-electron chi connectivity index (χ4n) is 3.03. The van der Waals surface area contributed by atoms with Crippen LogP contribution in [0.5, 0.6) is 17.4 Å². The van der Waals surface area contributed by atoms with Crippen molar-refractivity contribution in [3.8, 4) is 17.4 Å². The van der Waals surface area contributed by atoms with Gasteiger partial charge in [-0.3, -0.25) is 4.79 Å². The SMILES string of the molecule is CCCCOCCOc1ccc(Oc2ccc(CC(=O)Nc3ccccc3C(=O)O)cn2)cc1. The number of amides is 1. The molecule has 0 saturated carbocycles. The first-order chi connectivity index (χ1) is 16.5. The maximum atomic E-state index is 12.3. The van der Waals surface area contributed by atoms with Gasteiger partial charge in [-0.05, 0) is 48.4 Å². The van der Waals surface area contributed by atoms with E-state index >= 15 is 0 Å². The highest BCUT2D eigenvalue weighted by molar-refractivity contribution is 6.00. The first kappa shape index (κ1) is 24.7. The Labute approximate surface area is 198 Å². The number of carbonyl (C=O) groups excluding carboxylic acids is 1. The number of hydrogen-bond donors (Lipinski definition) is 2. The van der Waals surface area contributed by atoms with Crippen molar-refractivity contribution in [2.75, 3.05) is 25.1 Å². The van der Waals surface area contributed by atoms with Gasteiger partial charge in [0.1, 0.15) is 18.1 Å². The van der Waals surface area contributed by atoms with Crippen LogP contribution >= 0.6 is 0 Å². The Kier molecular flexibility index (Phi) is 9.42. The van der Waals surface area contributed by atoms with Crippen LogP contribution in [-0.4, -0.2) is 41.8 Å².